The monoisotopic (exact) mass is 260 g/mol. The van der Waals surface area contributed by atoms with Gasteiger partial charge in [0.1, 0.15) is 11.9 Å². The van der Waals surface area contributed by atoms with Gasteiger partial charge in [-0.3, -0.25) is 0 Å². The van der Waals surface area contributed by atoms with Gasteiger partial charge >= 0.3 is 0 Å². The third kappa shape index (κ3) is 3.15. The second kappa shape index (κ2) is 5.89. The highest BCUT2D eigenvalue weighted by Crippen LogP contribution is 2.29. The summed E-state index contributed by atoms with van der Waals surface area (Å²) in [4.78, 5) is 3.98. The zero-order valence-corrected chi connectivity index (χ0v) is 11.6. The number of benzene rings is 1. The Morgan fingerprint density at radius 1 is 1.37 bits per heavy atom. The lowest BCUT2D eigenvalue weighted by Crippen LogP contribution is -2.09. The van der Waals surface area contributed by atoms with E-state index < -0.39 is 6.10 Å². The van der Waals surface area contributed by atoms with E-state index in [-0.39, 0.29) is 0 Å². The van der Waals surface area contributed by atoms with Gasteiger partial charge in [0.15, 0.2) is 0 Å². The molecule has 2 aromatic rings. The predicted molar refractivity (Wildman–Crippen MR) is 74.3 cm³/mol. The lowest BCUT2D eigenvalue weighted by atomic mass is 9.98. The molecule has 0 spiro atoms. The van der Waals surface area contributed by atoms with E-state index in [1.807, 2.05) is 29.0 Å². The molecule has 1 aromatic carbocycles. The van der Waals surface area contributed by atoms with Crippen molar-refractivity contribution in [3.05, 3.63) is 48.0 Å². The maximum Gasteiger partial charge on any atom is 0.124 e. The van der Waals surface area contributed by atoms with Crippen LogP contribution in [-0.4, -0.2) is 21.8 Å². The Bertz CT molecular complexity index is 521. The second-order valence-electron chi connectivity index (χ2n) is 4.93. The average Bonchev–Trinajstić information content (AvgIpc) is 2.90. The van der Waals surface area contributed by atoms with Gasteiger partial charge in [0.2, 0.25) is 0 Å². The van der Waals surface area contributed by atoms with Gasteiger partial charge in [0.25, 0.3) is 0 Å². The largest absolute Gasteiger partial charge is 0.496 e. The van der Waals surface area contributed by atoms with Gasteiger partial charge in [-0.05, 0) is 23.6 Å². The van der Waals surface area contributed by atoms with Crippen LogP contribution >= 0.6 is 0 Å². The first-order valence-electron chi connectivity index (χ1n) is 6.43. The van der Waals surface area contributed by atoms with Gasteiger partial charge in [-0.15, -0.1) is 0 Å². The SMILES string of the molecule is COc1ccc(C(C)C)cc1C(O)Cn1ccnc1. The van der Waals surface area contributed by atoms with Crippen molar-refractivity contribution < 1.29 is 9.84 Å². The minimum atomic E-state index is -0.608. The first-order chi connectivity index (χ1) is 9.11. The quantitative estimate of drug-likeness (QED) is 0.899. The molecule has 2 rings (SSSR count). The summed E-state index contributed by atoms with van der Waals surface area (Å²) in [6.07, 6.45) is 4.63. The molecule has 0 aliphatic heterocycles. The molecule has 0 saturated carbocycles. The van der Waals surface area contributed by atoms with Crippen LogP contribution in [0.1, 0.15) is 37.0 Å². The van der Waals surface area contributed by atoms with E-state index in [0.29, 0.717) is 12.5 Å². The Balaban J connectivity index is 2.27. The third-order valence-corrected chi connectivity index (χ3v) is 3.22. The van der Waals surface area contributed by atoms with E-state index in [1.54, 1.807) is 19.6 Å². The smallest absolute Gasteiger partial charge is 0.124 e. The number of rotatable bonds is 5. The minimum Gasteiger partial charge on any atom is -0.496 e. The van der Waals surface area contributed by atoms with E-state index in [2.05, 4.69) is 18.8 Å². The molecule has 0 amide bonds. The van der Waals surface area contributed by atoms with Crippen LogP contribution in [0.25, 0.3) is 0 Å². The summed E-state index contributed by atoms with van der Waals surface area (Å²) >= 11 is 0. The topological polar surface area (TPSA) is 47.3 Å². The normalized spacial score (nSPS) is 12.7. The molecule has 0 aliphatic carbocycles. The summed E-state index contributed by atoms with van der Waals surface area (Å²) in [6.45, 7) is 4.74. The highest BCUT2D eigenvalue weighted by Gasteiger charge is 2.15. The highest BCUT2D eigenvalue weighted by atomic mass is 16.5. The van der Waals surface area contributed by atoms with Crippen LogP contribution in [0.3, 0.4) is 0 Å². The Labute approximate surface area is 113 Å². The molecule has 1 heterocycles. The lowest BCUT2D eigenvalue weighted by molar-refractivity contribution is 0.152. The molecular weight excluding hydrogens is 240 g/mol. The average molecular weight is 260 g/mol. The Morgan fingerprint density at radius 2 is 2.16 bits per heavy atom. The number of aromatic nitrogens is 2. The number of hydrogen-bond acceptors (Lipinski definition) is 3. The van der Waals surface area contributed by atoms with Gasteiger partial charge in [-0.2, -0.15) is 0 Å². The fraction of sp³-hybridized carbons (Fsp3) is 0.400. The first kappa shape index (κ1) is 13.6. The molecule has 0 radical (unpaired) electrons. The summed E-state index contributed by atoms with van der Waals surface area (Å²) in [5.74, 6) is 1.14. The predicted octanol–water partition coefficient (Wildman–Crippen LogP) is 2.75. The van der Waals surface area contributed by atoms with Gasteiger partial charge in [-0.1, -0.05) is 19.9 Å². The molecule has 1 N–H and O–H groups in total. The summed E-state index contributed by atoms with van der Waals surface area (Å²) in [7, 11) is 1.62. The number of methoxy groups -OCH3 is 1. The molecular formula is C15H20N2O2. The molecule has 1 unspecified atom stereocenters. The summed E-state index contributed by atoms with van der Waals surface area (Å²) in [6, 6.07) is 5.98. The van der Waals surface area contributed by atoms with Crippen molar-refractivity contribution in [2.24, 2.45) is 0 Å². The fourth-order valence-corrected chi connectivity index (χ4v) is 2.07. The second-order valence-corrected chi connectivity index (χ2v) is 4.93. The van der Waals surface area contributed by atoms with Crippen molar-refractivity contribution in [1.82, 2.24) is 9.55 Å². The molecule has 0 aliphatic rings. The van der Waals surface area contributed by atoms with Crippen molar-refractivity contribution in [3.63, 3.8) is 0 Å². The number of ether oxygens (including phenoxy) is 1. The molecule has 102 valence electrons. The van der Waals surface area contributed by atoms with E-state index in [9.17, 15) is 5.11 Å². The van der Waals surface area contributed by atoms with Crippen molar-refractivity contribution in [2.45, 2.75) is 32.4 Å². The van der Waals surface area contributed by atoms with Crippen LogP contribution in [0.15, 0.2) is 36.9 Å². The molecule has 0 bridgehead atoms. The van der Waals surface area contributed by atoms with Crippen LogP contribution in [0, 0.1) is 0 Å². The van der Waals surface area contributed by atoms with Crippen molar-refractivity contribution >= 4 is 0 Å². The Morgan fingerprint density at radius 3 is 2.74 bits per heavy atom. The maximum absolute atomic E-state index is 10.4. The zero-order valence-electron chi connectivity index (χ0n) is 11.6. The highest BCUT2D eigenvalue weighted by molar-refractivity contribution is 5.39. The number of nitrogens with zero attached hydrogens (tertiary/aromatic N) is 2. The summed E-state index contributed by atoms with van der Waals surface area (Å²) < 4.78 is 7.19. The first-order valence-corrected chi connectivity index (χ1v) is 6.43. The molecule has 19 heavy (non-hydrogen) atoms. The van der Waals surface area contributed by atoms with Crippen LogP contribution < -0.4 is 4.74 Å². The molecule has 0 fully saturated rings. The number of aliphatic hydroxyl groups is 1. The molecule has 1 atom stereocenters. The van der Waals surface area contributed by atoms with Gasteiger partial charge in [0.05, 0.1) is 20.0 Å². The summed E-state index contributed by atoms with van der Waals surface area (Å²) in [5, 5.41) is 10.4. The molecule has 1 aromatic heterocycles. The van der Waals surface area contributed by atoms with Gasteiger partial charge in [-0.25, -0.2) is 4.98 Å². The standard InChI is InChI=1S/C15H20N2O2/c1-11(2)12-4-5-15(19-3)13(8-12)14(18)9-17-7-6-16-10-17/h4-8,10-11,14,18H,9H2,1-3H3. The number of imidazole rings is 1. The molecule has 4 heteroatoms. The van der Waals surface area contributed by atoms with Gasteiger partial charge < -0.3 is 14.4 Å². The maximum atomic E-state index is 10.4. The Kier molecular flexibility index (Phi) is 4.22. The third-order valence-electron chi connectivity index (χ3n) is 3.22. The minimum absolute atomic E-state index is 0.421. The van der Waals surface area contributed by atoms with E-state index >= 15 is 0 Å². The van der Waals surface area contributed by atoms with Crippen LogP contribution in [0.5, 0.6) is 5.75 Å². The van der Waals surface area contributed by atoms with Crippen LogP contribution in [-0.2, 0) is 6.54 Å². The van der Waals surface area contributed by atoms with E-state index in [4.69, 9.17) is 4.74 Å². The van der Waals surface area contributed by atoms with Crippen LogP contribution in [0.4, 0.5) is 0 Å². The van der Waals surface area contributed by atoms with Crippen molar-refractivity contribution in [1.29, 1.82) is 0 Å². The molecule has 4 nitrogen and oxygen atoms in total. The van der Waals surface area contributed by atoms with E-state index in [1.165, 1.54) is 5.56 Å². The van der Waals surface area contributed by atoms with Crippen LogP contribution in [0.2, 0.25) is 0 Å². The Hall–Kier alpha value is -1.81. The fourth-order valence-electron chi connectivity index (χ4n) is 2.07. The van der Waals surface area contributed by atoms with E-state index in [0.717, 1.165) is 11.3 Å². The van der Waals surface area contributed by atoms with Gasteiger partial charge in [0, 0.05) is 18.0 Å². The van der Waals surface area contributed by atoms with Crippen molar-refractivity contribution in [2.75, 3.05) is 7.11 Å². The zero-order chi connectivity index (χ0) is 13.8. The molecule has 0 saturated heterocycles. The number of hydrogen-bond donors (Lipinski definition) is 1. The lowest BCUT2D eigenvalue weighted by Gasteiger charge is -2.17. The summed E-state index contributed by atoms with van der Waals surface area (Å²) in [5.41, 5.74) is 2.02. The number of aliphatic hydroxyl groups excluding tert-OH is 1. The van der Waals surface area contributed by atoms with Crippen molar-refractivity contribution in [3.8, 4) is 5.75 Å².